The summed E-state index contributed by atoms with van der Waals surface area (Å²) in [5.74, 6) is 1.06. The summed E-state index contributed by atoms with van der Waals surface area (Å²) in [5.41, 5.74) is 9.66. The van der Waals surface area contributed by atoms with Gasteiger partial charge in [0.15, 0.2) is 11.6 Å². The fourth-order valence-electron chi connectivity index (χ4n) is 2.56. The molecular formula is C20H22ClN5. The van der Waals surface area contributed by atoms with Crippen LogP contribution in [0.5, 0.6) is 0 Å². The van der Waals surface area contributed by atoms with Crippen LogP contribution in [0.3, 0.4) is 0 Å². The van der Waals surface area contributed by atoms with Gasteiger partial charge in [0.1, 0.15) is 12.0 Å². The van der Waals surface area contributed by atoms with Crippen LogP contribution < -0.4 is 16.4 Å². The first-order valence-electron chi connectivity index (χ1n) is 8.65. The molecule has 0 fully saturated rings. The normalized spacial score (nSPS) is 10.5. The number of nitrogens with two attached hydrogens (primary N) is 1. The van der Waals surface area contributed by atoms with Gasteiger partial charge in [-0.1, -0.05) is 49.2 Å². The smallest absolute Gasteiger partial charge is 0.159 e. The van der Waals surface area contributed by atoms with Crippen LogP contribution in [0.4, 0.5) is 28.7 Å². The standard InChI is InChI=1S/C20H22ClN5/c1-2-3-6-14-9-11-15(12-10-14)25-19-18(22)20(24-13-23-19)26-17-8-5-4-7-16(17)21/h4-5,7-13H,2-3,6,22H2,1H3,(H2,23,24,25,26). The summed E-state index contributed by atoms with van der Waals surface area (Å²) >= 11 is 6.18. The number of halogens is 1. The highest BCUT2D eigenvalue weighted by atomic mass is 35.5. The van der Waals surface area contributed by atoms with Crippen molar-refractivity contribution in [2.24, 2.45) is 0 Å². The molecule has 6 heteroatoms. The van der Waals surface area contributed by atoms with Crippen LogP contribution in [-0.2, 0) is 6.42 Å². The van der Waals surface area contributed by atoms with E-state index in [1.165, 1.54) is 24.7 Å². The molecule has 0 atom stereocenters. The molecule has 2 aromatic carbocycles. The molecule has 1 aromatic heterocycles. The van der Waals surface area contributed by atoms with Crippen LogP contribution >= 0.6 is 11.6 Å². The number of unbranched alkanes of at least 4 members (excludes halogenated alkanes) is 1. The number of hydrogen-bond acceptors (Lipinski definition) is 5. The lowest BCUT2D eigenvalue weighted by molar-refractivity contribution is 0.795. The van der Waals surface area contributed by atoms with E-state index in [-0.39, 0.29) is 0 Å². The Bertz CT molecular complexity index is 864. The molecule has 3 rings (SSSR count). The van der Waals surface area contributed by atoms with Gasteiger partial charge in [-0.2, -0.15) is 0 Å². The summed E-state index contributed by atoms with van der Waals surface area (Å²) in [6.45, 7) is 2.20. The van der Waals surface area contributed by atoms with Gasteiger partial charge in [0, 0.05) is 5.69 Å². The van der Waals surface area contributed by atoms with Gasteiger partial charge in [0.2, 0.25) is 0 Å². The van der Waals surface area contributed by atoms with E-state index in [2.05, 4.69) is 39.7 Å². The molecule has 0 saturated heterocycles. The molecule has 1 heterocycles. The number of benzene rings is 2. The van der Waals surface area contributed by atoms with E-state index in [4.69, 9.17) is 17.3 Å². The minimum Gasteiger partial charge on any atom is -0.393 e. The Balaban J connectivity index is 1.76. The summed E-state index contributed by atoms with van der Waals surface area (Å²) in [7, 11) is 0. The minimum atomic E-state index is 0.433. The number of anilines is 5. The van der Waals surface area contributed by atoms with Gasteiger partial charge in [-0.05, 0) is 42.7 Å². The van der Waals surface area contributed by atoms with Crippen molar-refractivity contribution in [1.29, 1.82) is 0 Å². The van der Waals surface area contributed by atoms with E-state index in [0.717, 1.165) is 17.8 Å². The van der Waals surface area contributed by atoms with Crippen LogP contribution in [0.1, 0.15) is 25.3 Å². The van der Waals surface area contributed by atoms with E-state index in [0.29, 0.717) is 22.3 Å². The number of aromatic nitrogens is 2. The van der Waals surface area contributed by atoms with Crippen LogP contribution in [0.15, 0.2) is 54.9 Å². The fraction of sp³-hybridized carbons (Fsp3) is 0.200. The zero-order chi connectivity index (χ0) is 18.4. The van der Waals surface area contributed by atoms with Crippen molar-refractivity contribution in [3.05, 3.63) is 65.4 Å². The second-order valence-electron chi connectivity index (χ2n) is 6.01. The molecule has 3 aromatic rings. The Morgan fingerprint density at radius 1 is 0.962 bits per heavy atom. The van der Waals surface area contributed by atoms with Crippen molar-refractivity contribution >= 4 is 40.3 Å². The van der Waals surface area contributed by atoms with E-state index in [9.17, 15) is 0 Å². The molecule has 4 N–H and O–H groups in total. The molecular weight excluding hydrogens is 346 g/mol. The first-order valence-corrected chi connectivity index (χ1v) is 9.03. The third kappa shape index (κ3) is 4.43. The Morgan fingerprint density at radius 3 is 2.35 bits per heavy atom. The van der Waals surface area contributed by atoms with Crippen molar-refractivity contribution in [2.45, 2.75) is 26.2 Å². The first-order chi connectivity index (χ1) is 12.7. The topological polar surface area (TPSA) is 75.9 Å². The number of nitrogens with one attached hydrogen (secondary N) is 2. The predicted octanol–water partition coefficient (Wildman–Crippen LogP) is 5.54. The molecule has 0 spiro atoms. The molecule has 5 nitrogen and oxygen atoms in total. The third-order valence-electron chi connectivity index (χ3n) is 4.05. The number of para-hydroxylation sites is 1. The van der Waals surface area contributed by atoms with Crippen molar-refractivity contribution in [3.63, 3.8) is 0 Å². The Labute approximate surface area is 158 Å². The Kier molecular flexibility index (Phi) is 5.92. The summed E-state index contributed by atoms with van der Waals surface area (Å²) < 4.78 is 0. The highest BCUT2D eigenvalue weighted by Gasteiger charge is 2.10. The fourth-order valence-corrected chi connectivity index (χ4v) is 2.74. The zero-order valence-corrected chi connectivity index (χ0v) is 15.4. The van der Waals surface area contributed by atoms with Crippen molar-refractivity contribution in [2.75, 3.05) is 16.4 Å². The van der Waals surface area contributed by atoms with E-state index in [1.54, 1.807) is 6.07 Å². The second kappa shape index (κ2) is 8.54. The molecule has 0 bridgehead atoms. The molecule has 0 unspecified atom stereocenters. The number of rotatable bonds is 7. The third-order valence-corrected chi connectivity index (χ3v) is 4.38. The van der Waals surface area contributed by atoms with E-state index in [1.807, 2.05) is 30.3 Å². The van der Waals surface area contributed by atoms with Gasteiger partial charge >= 0.3 is 0 Å². The molecule has 0 radical (unpaired) electrons. The van der Waals surface area contributed by atoms with Gasteiger partial charge in [-0.3, -0.25) is 0 Å². The van der Waals surface area contributed by atoms with Crippen LogP contribution in [0, 0.1) is 0 Å². The maximum absolute atomic E-state index is 6.23. The molecule has 0 aliphatic carbocycles. The summed E-state index contributed by atoms with van der Waals surface area (Å²) in [6.07, 6.45) is 4.95. The zero-order valence-electron chi connectivity index (χ0n) is 14.7. The predicted molar refractivity (Wildman–Crippen MR) is 110 cm³/mol. The SMILES string of the molecule is CCCCc1ccc(Nc2ncnc(Nc3ccccc3Cl)c2N)cc1. The maximum Gasteiger partial charge on any atom is 0.159 e. The van der Waals surface area contributed by atoms with Crippen LogP contribution in [0.2, 0.25) is 5.02 Å². The van der Waals surface area contributed by atoms with Gasteiger partial charge in [0.05, 0.1) is 10.7 Å². The van der Waals surface area contributed by atoms with Crippen LogP contribution in [-0.4, -0.2) is 9.97 Å². The van der Waals surface area contributed by atoms with Crippen molar-refractivity contribution < 1.29 is 0 Å². The van der Waals surface area contributed by atoms with Gasteiger partial charge in [-0.25, -0.2) is 9.97 Å². The monoisotopic (exact) mass is 367 g/mol. The first kappa shape index (κ1) is 18.0. The maximum atomic E-state index is 6.23. The van der Waals surface area contributed by atoms with E-state index < -0.39 is 0 Å². The Hall–Kier alpha value is -2.79. The number of hydrogen-bond donors (Lipinski definition) is 3. The number of nitrogen functional groups attached to an aromatic ring is 1. The lowest BCUT2D eigenvalue weighted by atomic mass is 10.1. The molecule has 0 aliphatic heterocycles. The highest BCUT2D eigenvalue weighted by molar-refractivity contribution is 6.33. The van der Waals surface area contributed by atoms with Gasteiger partial charge in [0.25, 0.3) is 0 Å². The molecule has 0 saturated carbocycles. The largest absolute Gasteiger partial charge is 0.393 e. The quantitative estimate of drug-likeness (QED) is 0.511. The number of aryl methyl sites for hydroxylation is 1. The summed E-state index contributed by atoms with van der Waals surface area (Å²) in [6, 6.07) is 15.8. The lowest BCUT2D eigenvalue weighted by Crippen LogP contribution is -2.05. The average molecular weight is 368 g/mol. The molecule has 26 heavy (non-hydrogen) atoms. The minimum absolute atomic E-state index is 0.433. The van der Waals surface area contributed by atoms with Crippen molar-refractivity contribution in [3.8, 4) is 0 Å². The van der Waals surface area contributed by atoms with E-state index >= 15 is 0 Å². The molecule has 134 valence electrons. The van der Waals surface area contributed by atoms with Gasteiger partial charge < -0.3 is 16.4 Å². The van der Waals surface area contributed by atoms with Crippen LogP contribution in [0.25, 0.3) is 0 Å². The number of nitrogens with zero attached hydrogens (tertiary/aromatic N) is 2. The molecule has 0 aliphatic rings. The summed E-state index contributed by atoms with van der Waals surface area (Å²) in [5, 5.41) is 7.00. The van der Waals surface area contributed by atoms with Gasteiger partial charge in [-0.15, -0.1) is 0 Å². The van der Waals surface area contributed by atoms with Crippen molar-refractivity contribution in [1.82, 2.24) is 9.97 Å². The Morgan fingerprint density at radius 2 is 1.65 bits per heavy atom. The molecule has 0 amide bonds. The average Bonchev–Trinajstić information content (AvgIpc) is 2.66. The lowest BCUT2D eigenvalue weighted by Gasteiger charge is -2.13. The second-order valence-corrected chi connectivity index (χ2v) is 6.42. The summed E-state index contributed by atoms with van der Waals surface area (Å²) in [4.78, 5) is 8.47. The highest BCUT2D eigenvalue weighted by Crippen LogP contribution is 2.30.